The average molecular weight is 441 g/mol. The van der Waals surface area contributed by atoms with Crippen LogP contribution in [0, 0.1) is 28.6 Å². The summed E-state index contributed by atoms with van der Waals surface area (Å²) in [4.78, 5) is 7.04. The highest BCUT2D eigenvalue weighted by molar-refractivity contribution is 5.78. The fourth-order valence-electron chi connectivity index (χ4n) is 8.34. The van der Waals surface area contributed by atoms with Gasteiger partial charge in [-0.25, -0.2) is 10.4 Å². The molecule has 1 aromatic heterocycles. The molecule has 4 fully saturated rings. The first-order valence-electron chi connectivity index (χ1n) is 12.6. The van der Waals surface area contributed by atoms with E-state index in [-0.39, 0.29) is 10.8 Å². The van der Waals surface area contributed by atoms with Crippen molar-refractivity contribution in [2.75, 3.05) is 5.43 Å². The Morgan fingerprint density at radius 1 is 1.12 bits per heavy atom. The number of H-pyrrole nitrogens is 1. The van der Waals surface area contributed by atoms with E-state index in [1.165, 1.54) is 19.3 Å². The minimum absolute atomic E-state index is 0.121. The van der Waals surface area contributed by atoms with Crippen LogP contribution in [0.4, 0.5) is 5.95 Å². The molecule has 4 N–H and O–H groups in total. The molecule has 176 valence electrons. The Balaban J connectivity index is 1.29. The Morgan fingerprint density at radius 3 is 2.75 bits per heavy atom. The molecule has 5 rings (SSSR count). The van der Waals surface area contributed by atoms with Crippen molar-refractivity contribution < 1.29 is 10.2 Å². The summed E-state index contributed by atoms with van der Waals surface area (Å²) < 4.78 is 0. The second kappa shape index (κ2) is 7.69. The first-order chi connectivity index (χ1) is 15.2. The fraction of sp³-hybridized carbons (Fsp3) is 0.769. The molecule has 0 bridgehead atoms. The number of nitrogens with one attached hydrogen (secondary N) is 2. The summed E-state index contributed by atoms with van der Waals surface area (Å²) in [6.07, 6.45) is 17.8. The van der Waals surface area contributed by atoms with E-state index >= 15 is 0 Å². The molecular formula is C26H40N4O2. The lowest BCUT2D eigenvalue weighted by Gasteiger charge is -2.63. The van der Waals surface area contributed by atoms with Crippen LogP contribution in [0.1, 0.15) is 85.0 Å². The van der Waals surface area contributed by atoms with Crippen LogP contribution in [-0.2, 0) is 0 Å². The van der Waals surface area contributed by atoms with E-state index in [1.54, 1.807) is 18.6 Å². The molecule has 1 aromatic rings. The van der Waals surface area contributed by atoms with E-state index in [0.29, 0.717) is 23.7 Å². The number of aromatic amines is 1. The van der Waals surface area contributed by atoms with Gasteiger partial charge in [-0.2, -0.15) is 5.10 Å². The van der Waals surface area contributed by atoms with Crippen molar-refractivity contribution in [2.24, 2.45) is 33.7 Å². The third kappa shape index (κ3) is 3.45. The summed E-state index contributed by atoms with van der Waals surface area (Å²) in [5, 5.41) is 27.6. The number of hydrazone groups is 1. The molecule has 0 spiro atoms. The number of fused-ring (bicyclic) bond motifs is 5. The molecule has 6 heteroatoms. The Labute approximate surface area is 192 Å². The summed E-state index contributed by atoms with van der Waals surface area (Å²) in [5.74, 6) is 2.14. The summed E-state index contributed by atoms with van der Waals surface area (Å²) in [5.41, 5.74) is 2.93. The molecule has 6 nitrogen and oxygen atoms in total. The quantitative estimate of drug-likeness (QED) is 0.390. The van der Waals surface area contributed by atoms with Crippen molar-refractivity contribution in [3.63, 3.8) is 0 Å². The molecule has 0 radical (unpaired) electrons. The molecule has 4 aliphatic rings. The normalized spacial score (nSPS) is 46.5. The van der Waals surface area contributed by atoms with Crippen LogP contribution in [0.2, 0.25) is 0 Å². The van der Waals surface area contributed by atoms with E-state index in [9.17, 15) is 10.2 Å². The summed E-state index contributed by atoms with van der Waals surface area (Å²) in [6.45, 7) is 6.81. The molecular weight excluding hydrogens is 400 g/mol. The van der Waals surface area contributed by atoms with Gasteiger partial charge in [0.2, 0.25) is 5.95 Å². The second-order valence-electron chi connectivity index (χ2n) is 11.9. The van der Waals surface area contributed by atoms with Crippen LogP contribution < -0.4 is 5.43 Å². The predicted molar refractivity (Wildman–Crippen MR) is 127 cm³/mol. The van der Waals surface area contributed by atoms with Crippen molar-refractivity contribution >= 4 is 12.2 Å². The lowest BCUT2D eigenvalue weighted by Crippen LogP contribution is -2.61. The van der Waals surface area contributed by atoms with Gasteiger partial charge < -0.3 is 15.2 Å². The van der Waals surface area contributed by atoms with Gasteiger partial charge in [0.05, 0.1) is 11.2 Å². The third-order valence-corrected chi connectivity index (χ3v) is 10.2. The third-order valence-electron chi connectivity index (χ3n) is 10.2. The largest absolute Gasteiger partial charge is 0.389 e. The number of aliphatic hydroxyl groups is 2. The van der Waals surface area contributed by atoms with E-state index in [0.717, 1.165) is 50.5 Å². The smallest absolute Gasteiger partial charge is 0.220 e. The first-order valence-corrected chi connectivity index (χ1v) is 12.6. The van der Waals surface area contributed by atoms with Gasteiger partial charge >= 0.3 is 0 Å². The lowest BCUT2D eigenvalue weighted by molar-refractivity contribution is -0.206. The maximum absolute atomic E-state index is 11.9. The van der Waals surface area contributed by atoms with Gasteiger partial charge in [-0.05, 0) is 111 Å². The van der Waals surface area contributed by atoms with Crippen molar-refractivity contribution in [3.8, 4) is 0 Å². The standard InChI is InChI=1S/C26H40N4O2/c1-18(17-29-30-22-27-13-14-28-22)15-25(31)12-11-24(3)19(16-25)5-6-21-20(24)7-10-23(2)8-4-9-26(21,23)32/h13-15,17,19-21,31-32H,4-12,16H2,1-3H3,(H2,27,28,30)/t19-,20+,21-,23+,24+,25-,26+/m1/s1. The van der Waals surface area contributed by atoms with Crippen LogP contribution in [0.5, 0.6) is 0 Å². The number of anilines is 1. The van der Waals surface area contributed by atoms with Crippen molar-refractivity contribution in [1.29, 1.82) is 0 Å². The Hall–Kier alpha value is -1.66. The van der Waals surface area contributed by atoms with Crippen molar-refractivity contribution in [1.82, 2.24) is 9.97 Å². The minimum atomic E-state index is -0.773. The number of hydrogen-bond acceptors (Lipinski definition) is 5. The van der Waals surface area contributed by atoms with Crippen molar-refractivity contribution in [2.45, 2.75) is 96.2 Å². The van der Waals surface area contributed by atoms with E-state index in [4.69, 9.17) is 0 Å². The maximum atomic E-state index is 11.9. The van der Waals surface area contributed by atoms with Gasteiger partial charge in [0.15, 0.2) is 0 Å². The van der Waals surface area contributed by atoms with Crippen LogP contribution in [-0.4, -0.2) is 37.6 Å². The number of aromatic nitrogens is 2. The zero-order valence-electron chi connectivity index (χ0n) is 19.9. The van der Waals surface area contributed by atoms with Gasteiger partial charge in [0, 0.05) is 18.6 Å². The fourth-order valence-corrected chi connectivity index (χ4v) is 8.34. The summed E-state index contributed by atoms with van der Waals surface area (Å²) in [7, 11) is 0. The van der Waals surface area contributed by atoms with Gasteiger partial charge in [-0.1, -0.05) is 13.8 Å². The van der Waals surface area contributed by atoms with Gasteiger partial charge in [-0.15, -0.1) is 0 Å². The van der Waals surface area contributed by atoms with Crippen LogP contribution >= 0.6 is 0 Å². The highest BCUT2D eigenvalue weighted by Crippen LogP contribution is 2.68. The van der Waals surface area contributed by atoms with Gasteiger partial charge in [-0.3, -0.25) is 0 Å². The second-order valence-corrected chi connectivity index (χ2v) is 11.9. The molecule has 4 saturated carbocycles. The molecule has 0 saturated heterocycles. The Kier molecular flexibility index (Phi) is 5.33. The minimum Gasteiger partial charge on any atom is -0.389 e. The topological polar surface area (TPSA) is 93.5 Å². The number of allylic oxidation sites excluding steroid dienone is 1. The molecule has 1 heterocycles. The number of hydrogen-bond donors (Lipinski definition) is 4. The highest BCUT2D eigenvalue weighted by atomic mass is 16.3. The van der Waals surface area contributed by atoms with E-state index < -0.39 is 11.2 Å². The Bertz CT molecular complexity index is 898. The SMILES string of the molecule is CC(C=NNc1ncc[nH]1)=C[C@]1(O)CC[C@@]2(C)[C@H](CC[C@@H]3[C@@H]2CC[C@]2(C)CCC[C@]32O)C1. The van der Waals surface area contributed by atoms with Crippen LogP contribution in [0.25, 0.3) is 0 Å². The molecule has 32 heavy (non-hydrogen) atoms. The van der Waals surface area contributed by atoms with Crippen molar-refractivity contribution in [3.05, 3.63) is 24.0 Å². The highest BCUT2D eigenvalue weighted by Gasteiger charge is 2.65. The van der Waals surface area contributed by atoms with Crippen LogP contribution in [0.15, 0.2) is 29.1 Å². The molecule has 0 aliphatic heterocycles. The zero-order valence-corrected chi connectivity index (χ0v) is 19.9. The first kappa shape index (κ1) is 22.1. The molecule has 4 aliphatic carbocycles. The average Bonchev–Trinajstić information content (AvgIpc) is 3.36. The Morgan fingerprint density at radius 2 is 1.97 bits per heavy atom. The number of rotatable bonds is 4. The number of imidazole rings is 1. The number of nitrogens with zero attached hydrogens (tertiary/aromatic N) is 2. The van der Waals surface area contributed by atoms with Gasteiger partial charge in [0.25, 0.3) is 0 Å². The monoisotopic (exact) mass is 440 g/mol. The zero-order chi connectivity index (χ0) is 22.6. The van der Waals surface area contributed by atoms with E-state index in [1.807, 2.05) is 13.0 Å². The molecule has 0 unspecified atom stereocenters. The molecule has 7 atom stereocenters. The summed E-state index contributed by atoms with van der Waals surface area (Å²) in [6, 6.07) is 0. The predicted octanol–water partition coefficient (Wildman–Crippen LogP) is 5.03. The lowest BCUT2D eigenvalue weighted by atomic mass is 9.43. The van der Waals surface area contributed by atoms with E-state index in [2.05, 4.69) is 34.3 Å². The van der Waals surface area contributed by atoms with Gasteiger partial charge in [0.1, 0.15) is 0 Å². The van der Waals surface area contributed by atoms with Crippen LogP contribution in [0.3, 0.4) is 0 Å². The maximum Gasteiger partial charge on any atom is 0.220 e. The molecule has 0 amide bonds. The molecule has 0 aromatic carbocycles. The summed E-state index contributed by atoms with van der Waals surface area (Å²) >= 11 is 0.